The molecule has 1 aromatic heterocycles. The molecular weight excluding hydrogens is 436 g/mol. The maximum Gasteiger partial charge on any atom is 0.338 e. The van der Waals surface area contributed by atoms with E-state index in [1.165, 1.54) is 29.4 Å². The van der Waals surface area contributed by atoms with E-state index in [9.17, 15) is 18.0 Å². The second kappa shape index (κ2) is 8.78. The molecular formula is C22H22N2O5S2. The van der Waals surface area contributed by atoms with Crippen LogP contribution in [0.15, 0.2) is 58.8 Å². The number of carbonyl (C=O) groups excluding carboxylic acids is 2. The quantitative estimate of drug-likeness (QED) is 0.549. The molecule has 0 unspecified atom stereocenters. The van der Waals surface area contributed by atoms with Crippen LogP contribution >= 0.6 is 11.3 Å². The Labute approximate surface area is 184 Å². The van der Waals surface area contributed by atoms with E-state index in [0.717, 1.165) is 15.6 Å². The van der Waals surface area contributed by atoms with E-state index in [1.807, 2.05) is 29.6 Å². The molecule has 31 heavy (non-hydrogen) atoms. The Kier molecular flexibility index (Phi) is 6.08. The number of piperazine rings is 1. The van der Waals surface area contributed by atoms with Crippen molar-refractivity contribution in [2.45, 2.75) is 18.4 Å². The van der Waals surface area contributed by atoms with Crippen LogP contribution in [0, 0.1) is 0 Å². The number of carbonyl (C=O) groups is 2. The molecule has 2 heterocycles. The van der Waals surface area contributed by atoms with Crippen molar-refractivity contribution in [1.82, 2.24) is 9.21 Å². The second-order valence-corrected chi connectivity index (χ2v) is 10.1. The fraction of sp³-hybridized carbons (Fsp3) is 0.273. The summed E-state index contributed by atoms with van der Waals surface area (Å²) in [6, 6.07) is 13.8. The van der Waals surface area contributed by atoms with Gasteiger partial charge in [-0.3, -0.25) is 4.79 Å². The zero-order valence-corrected chi connectivity index (χ0v) is 18.6. The zero-order chi connectivity index (χ0) is 22.0. The van der Waals surface area contributed by atoms with Gasteiger partial charge in [0.1, 0.15) is 6.61 Å². The van der Waals surface area contributed by atoms with Gasteiger partial charge in [-0.2, -0.15) is 4.31 Å². The summed E-state index contributed by atoms with van der Waals surface area (Å²) in [5, 5.41) is 3.00. The number of sulfonamides is 1. The molecule has 3 aromatic rings. The Bertz CT molecular complexity index is 1230. The van der Waals surface area contributed by atoms with Gasteiger partial charge >= 0.3 is 5.97 Å². The van der Waals surface area contributed by atoms with Gasteiger partial charge in [-0.1, -0.05) is 24.3 Å². The fourth-order valence-electron chi connectivity index (χ4n) is 3.55. The molecule has 0 spiro atoms. The molecule has 9 heteroatoms. The lowest BCUT2D eigenvalue weighted by molar-refractivity contribution is -0.129. The van der Waals surface area contributed by atoms with Crippen molar-refractivity contribution in [1.29, 1.82) is 0 Å². The van der Waals surface area contributed by atoms with E-state index in [2.05, 4.69) is 0 Å². The van der Waals surface area contributed by atoms with Gasteiger partial charge in [0.25, 0.3) is 0 Å². The number of hydrogen-bond donors (Lipinski definition) is 0. The van der Waals surface area contributed by atoms with Crippen LogP contribution in [0.1, 0.15) is 22.8 Å². The van der Waals surface area contributed by atoms with Crippen molar-refractivity contribution in [2.75, 3.05) is 26.2 Å². The third-order valence-electron chi connectivity index (χ3n) is 5.31. The van der Waals surface area contributed by atoms with Crippen LogP contribution in [-0.2, 0) is 26.2 Å². The SMILES string of the molecule is CC(=O)N1CCN(S(=O)(=O)c2cccc(C(=O)OCc3csc4ccccc34)c2)CC1. The Morgan fingerprint density at radius 1 is 1.03 bits per heavy atom. The van der Waals surface area contributed by atoms with Crippen molar-refractivity contribution < 1.29 is 22.7 Å². The van der Waals surface area contributed by atoms with E-state index < -0.39 is 16.0 Å². The van der Waals surface area contributed by atoms with Crippen molar-refractivity contribution >= 4 is 43.3 Å². The third kappa shape index (κ3) is 4.48. The largest absolute Gasteiger partial charge is 0.457 e. The number of esters is 1. The predicted molar refractivity (Wildman–Crippen MR) is 118 cm³/mol. The Balaban J connectivity index is 1.46. The third-order valence-corrected chi connectivity index (χ3v) is 8.22. The first-order chi connectivity index (χ1) is 14.9. The normalized spacial score (nSPS) is 15.2. The molecule has 1 aliphatic heterocycles. The molecule has 0 atom stereocenters. The molecule has 0 saturated carbocycles. The van der Waals surface area contributed by atoms with Crippen LogP contribution in [-0.4, -0.2) is 55.7 Å². The Morgan fingerprint density at radius 2 is 1.77 bits per heavy atom. The van der Waals surface area contributed by atoms with Gasteiger partial charge in [-0.25, -0.2) is 13.2 Å². The summed E-state index contributed by atoms with van der Waals surface area (Å²) >= 11 is 1.58. The van der Waals surface area contributed by atoms with Crippen LogP contribution < -0.4 is 0 Å². The van der Waals surface area contributed by atoms with Crippen LogP contribution in [0.4, 0.5) is 0 Å². The lowest BCUT2D eigenvalue weighted by atomic mass is 10.2. The average molecular weight is 459 g/mol. The highest BCUT2D eigenvalue weighted by molar-refractivity contribution is 7.89. The molecule has 2 aromatic carbocycles. The molecule has 162 valence electrons. The zero-order valence-electron chi connectivity index (χ0n) is 17.0. The first-order valence-corrected chi connectivity index (χ1v) is 12.2. The van der Waals surface area contributed by atoms with E-state index in [4.69, 9.17) is 4.74 Å². The van der Waals surface area contributed by atoms with Gasteiger partial charge < -0.3 is 9.64 Å². The molecule has 1 amide bonds. The van der Waals surface area contributed by atoms with Crippen molar-refractivity contribution in [2.24, 2.45) is 0 Å². The molecule has 0 bridgehead atoms. The average Bonchev–Trinajstić information content (AvgIpc) is 3.20. The molecule has 0 radical (unpaired) electrons. The number of rotatable bonds is 5. The van der Waals surface area contributed by atoms with Gasteiger partial charge in [0.05, 0.1) is 10.5 Å². The van der Waals surface area contributed by atoms with Gasteiger partial charge in [0.2, 0.25) is 15.9 Å². The second-order valence-electron chi connectivity index (χ2n) is 7.27. The number of benzene rings is 2. The molecule has 1 fully saturated rings. The maximum atomic E-state index is 13.0. The number of hydrogen-bond acceptors (Lipinski definition) is 6. The lowest BCUT2D eigenvalue weighted by Crippen LogP contribution is -2.49. The van der Waals surface area contributed by atoms with Gasteiger partial charge in [-0.05, 0) is 35.0 Å². The summed E-state index contributed by atoms with van der Waals surface area (Å²) in [6.45, 7) is 2.74. The number of thiophene rings is 1. The molecule has 0 N–H and O–H groups in total. The highest BCUT2D eigenvalue weighted by Crippen LogP contribution is 2.26. The Hall–Kier alpha value is -2.75. The van der Waals surface area contributed by atoms with E-state index in [0.29, 0.717) is 13.1 Å². The van der Waals surface area contributed by atoms with Crippen LogP contribution in [0.5, 0.6) is 0 Å². The lowest BCUT2D eigenvalue weighted by Gasteiger charge is -2.33. The molecule has 0 aliphatic carbocycles. The highest BCUT2D eigenvalue weighted by Gasteiger charge is 2.29. The molecule has 7 nitrogen and oxygen atoms in total. The van der Waals surface area contributed by atoms with Crippen molar-refractivity contribution in [3.8, 4) is 0 Å². The number of amides is 1. The van der Waals surface area contributed by atoms with Crippen molar-refractivity contribution in [3.05, 3.63) is 65.0 Å². The van der Waals surface area contributed by atoms with Gasteiger partial charge in [-0.15, -0.1) is 11.3 Å². The summed E-state index contributed by atoms with van der Waals surface area (Å²) < 4.78 is 33.9. The molecule has 1 aliphatic rings. The fourth-order valence-corrected chi connectivity index (χ4v) is 5.96. The molecule has 4 rings (SSSR count). The smallest absolute Gasteiger partial charge is 0.338 e. The summed E-state index contributed by atoms with van der Waals surface area (Å²) in [5.74, 6) is -0.645. The summed E-state index contributed by atoms with van der Waals surface area (Å²) in [7, 11) is -3.76. The van der Waals surface area contributed by atoms with E-state index in [-0.39, 0.29) is 36.1 Å². The summed E-state index contributed by atoms with van der Waals surface area (Å²) in [5.41, 5.74) is 1.10. The standard InChI is InChI=1S/C22H22N2O5S2/c1-16(25)23-9-11-24(12-10-23)31(27,28)19-6-4-5-17(13-19)22(26)29-14-18-15-30-21-8-3-2-7-20(18)21/h2-8,13,15H,9-12,14H2,1H3. The minimum absolute atomic E-state index is 0.0409. The van der Waals surface area contributed by atoms with Gasteiger partial charge in [0, 0.05) is 43.4 Å². The minimum Gasteiger partial charge on any atom is -0.457 e. The van der Waals surface area contributed by atoms with Crippen molar-refractivity contribution in [3.63, 3.8) is 0 Å². The topological polar surface area (TPSA) is 84.0 Å². The molecule has 1 saturated heterocycles. The van der Waals surface area contributed by atoms with E-state index >= 15 is 0 Å². The van der Waals surface area contributed by atoms with Crippen LogP contribution in [0.2, 0.25) is 0 Å². The van der Waals surface area contributed by atoms with Crippen LogP contribution in [0.25, 0.3) is 10.1 Å². The summed E-state index contributed by atoms with van der Waals surface area (Å²) in [4.78, 5) is 25.7. The summed E-state index contributed by atoms with van der Waals surface area (Å²) in [6.07, 6.45) is 0. The monoisotopic (exact) mass is 458 g/mol. The Morgan fingerprint density at radius 3 is 2.52 bits per heavy atom. The maximum absolute atomic E-state index is 13.0. The van der Waals surface area contributed by atoms with E-state index in [1.54, 1.807) is 22.3 Å². The first-order valence-electron chi connectivity index (χ1n) is 9.84. The van der Waals surface area contributed by atoms with Gasteiger partial charge in [0.15, 0.2) is 0 Å². The first kappa shape index (κ1) is 21.5. The number of fused-ring (bicyclic) bond motifs is 1. The predicted octanol–water partition coefficient (Wildman–Crippen LogP) is 3.11. The van der Waals surface area contributed by atoms with Crippen LogP contribution in [0.3, 0.4) is 0 Å². The highest BCUT2D eigenvalue weighted by atomic mass is 32.2. The number of nitrogens with zero attached hydrogens (tertiary/aromatic N) is 2. The number of ether oxygens (including phenoxy) is 1. The minimum atomic E-state index is -3.76.